The van der Waals surface area contributed by atoms with Crippen molar-refractivity contribution in [3.8, 4) is 5.75 Å². The molecular weight excluding hydrogens is 236 g/mol. The monoisotopic (exact) mass is 242 g/mol. The third-order valence-electron chi connectivity index (χ3n) is 1.75. The van der Waals surface area contributed by atoms with Crippen molar-refractivity contribution < 1.29 is 4.74 Å². The lowest BCUT2D eigenvalue weighted by atomic mass is 10.2. The third kappa shape index (κ3) is 1.13. The highest BCUT2D eigenvalue weighted by Gasteiger charge is 2.04. The van der Waals surface area contributed by atoms with Crippen LogP contribution in [0.4, 0.5) is 0 Å². The molecule has 12 heavy (non-hydrogen) atoms. The van der Waals surface area contributed by atoms with Gasteiger partial charge in [-0.3, -0.25) is 0 Å². The van der Waals surface area contributed by atoms with E-state index in [1.807, 2.05) is 12.1 Å². The quantitative estimate of drug-likeness (QED) is 0.742. The fraction of sp³-hybridized carbons (Fsp3) is 0.111. The van der Waals surface area contributed by atoms with E-state index in [0.29, 0.717) is 0 Å². The molecule has 0 amide bonds. The van der Waals surface area contributed by atoms with Gasteiger partial charge < -0.3 is 4.74 Å². The topological polar surface area (TPSA) is 9.23 Å². The third-order valence-corrected chi connectivity index (χ3v) is 3.62. The van der Waals surface area contributed by atoms with Crippen molar-refractivity contribution in [3.05, 3.63) is 28.1 Å². The summed E-state index contributed by atoms with van der Waals surface area (Å²) >= 11 is 5.21. The number of halogens is 1. The number of benzene rings is 1. The Bertz CT molecular complexity index is 408. The normalized spacial score (nSPS) is 10.5. The Morgan fingerprint density at radius 3 is 2.92 bits per heavy atom. The maximum absolute atomic E-state index is 5.23. The lowest BCUT2D eigenvalue weighted by molar-refractivity contribution is 0.420. The van der Waals surface area contributed by atoms with Gasteiger partial charge in [-0.1, -0.05) is 0 Å². The molecule has 2 rings (SSSR count). The zero-order valence-corrected chi connectivity index (χ0v) is 8.91. The highest BCUT2D eigenvalue weighted by Crippen LogP contribution is 2.35. The van der Waals surface area contributed by atoms with E-state index in [9.17, 15) is 0 Å². The summed E-state index contributed by atoms with van der Waals surface area (Å²) in [5.41, 5.74) is 0. The highest BCUT2D eigenvalue weighted by atomic mass is 79.9. The first kappa shape index (κ1) is 8.08. The van der Waals surface area contributed by atoms with Crippen molar-refractivity contribution in [3.63, 3.8) is 0 Å². The number of hydrogen-bond donors (Lipinski definition) is 0. The van der Waals surface area contributed by atoms with Crippen molar-refractivity contribution in [1.29, 1.82) is 0 Å². The number of thiophene rings is 1. The van der Waals surface area contributed by atoms with Crippen molar-refractivity contribution in [1.82, 2.24) is 0 Å². The molecule has 0 unspecified atom stereocenters. The Balaban J connectivity index is 2.82. The highest BCUT2D eigenvalue weighted by molar-refractivity contribution is 9.10. The molecule has 0 fully saturated rings. The first-order chi connectivity index (χ1) is 5.83. The van der Waals surface area contributed by atoms with Crippen LogP contribution in [0.2, 0.25) is 0 Å². The SMILES string of the molecule is COc1ccc(Br)c2sccc12. The molecule has 0 radical (unpaired) electrons. The Morgan fingerprint density at radius 2 is 2.17 bits per heavy atom. The molecule has 0 aliphatic rings. The maximum Gasteiger partial charge on any atom is 0.127 e. The predicted molar refractivity (Wildman–Crippen MR) is 56.1 cm³/mol. The number of rotatable bonds is 1. The summed E-state index contributed by atoms with van der Waals surface area (Å²) in [4.78, 5) is 0. The molecule has 0 saturated heterocycles. The van der Waals surface area contributed by atoms with Gasteiger partial charge in [0.1, 0.15) is 5.75 Å². The van der Waals surface area contributed by atoms with Crippen molar-refractivity contribution in [2.45, 2.75) is 0 Å². The zero-order valence-electron chi connectivity index (χ0n) is 6.50. The summed E-state index contributed by atoms with van der Waals surface area (Å²) in [6.07, 6.45) is 0. The van der Waals surface area contributed by atoms with Crippen LogP contribution in [0.25, 0.3) is 10.1 Å². The summed E-state index contributed by atoms with van der Waals surface area (Å²) in [5, 5.41) is 3.25. The van der Waals surface area contributed by atoms with Gasteiger partial charge in [0, 0.05) is 9.86 Å². The van der Waals surface area contributed by atoms with Gasteiger partial charge in [0.05, 0.1) is 11.8 Å². The van der Waals surface area contributed by atoms with E-state index in [0.717, 1.165) is 10.2 Å². The molecule has 62 valence electrons. The van der Waals surface area contributed by atoms with Gasteiger partial charge in [0.15, 0.2) is 0 Å². The lowest BCUT2D eigenvalue weighted by Crippen LogP contribution is -1.81. The van der Waals surface area contributed by atoms with Gasteiger partial charge in [0.2, 0.25) is 0 Å². The number of methoxy groups -OCH3 is 1. The van der Waals surface area contributed by atoms with Crippen LogP contribution in [0.5, 0.6) is 5.75 Å². The average molecular weight is 243 g/mol. The Labute approximate surface area is 83.1 Å². The van der Waals surface area contributed by atoms with E-state index >= 15 is 0 Å². The molecule has 0 spiro atoms. The molecular formula is C9H7BrOS. The van der Waals surface area contributed by atoms with E-state index in [-0.39, 0.29) is 0 Å². The van der Waals surface area contributed by atoms with Gasteiger partial charge in [-0.05, 0) is 39.5 Å². The van der Waals surface area contributed by atoms with E-state index in [1.54, 1.807) is 18.4 Å². The van der Waals surface area contributed by atoms with Crippen LogP contribution in [-0.2, 0) is 0 Å². The van der Waals surface area contributed by atoms with E-state index in [1.165, 1.54) is 10.1 Å². The second kappa shape index (κ2) is 3.07. The summed E-state index contributed by atoms with van der Waals surface area (Å²) in [5.74, 6) is 0.939. The van der Waals surface area contributed by atoms with Crippen LogP contribution < -0.4 is 4.74 Å². The molecule has 0 bridgehead atoms. The molecule has 0 N–H and O–H groups in total. The van der Waals surface area contributed by atoms with Gasteiger partial charge >= 0.3 is 0 Å². The molecule has 0 saturated carbocycles. The van der Waals surface area contributed by atoms with E-state index in [2.05, 4.69) is 27.4 Å². The number of fused-ring (bicyclic) bond motifs is 1. The minimum atomic E-state index is 0.939. The molecule has 1 aromatic heterocycles. The van der Waals surface area contributed by atoms with Crippen LogP contribution >= 0.6 is 27.3 Å². The standard InChI is InChI=1S/C9H7BrOS/c1-11-8-3-2-7(10)9-6(8)4-5-12-9/h2-5H,1H3. The van der Waals surface area contributed by atoms with E-state index < -0.39 is 0 Å². The second-order valence-electron chi connectivity index (χ2n) is 2.41. The smallest absolute Gasteiger partial charge is 0.127 e. The zero-order chi connectivity index (χ0) is 8.55. The first-order valence-corrected chi connectivity index (χ1v) is 5.20. The summed E-state index contributed by atoms with van der Waals surface area (Å²) in [6.45, 7) is 0. The largest absolute Gasteiger partial charge is 0.496 e. The van der Waals surface area contributed by atoms with Gasteiger partial charge in [-0.25, -0.2) is 0 Å². The first-order valence-electron chi connectivity index (χ1n) is 3.52. The Kier molecular flexibility index (Phi) is 2.07. The summed E-state index contributed by atoms with van der Waals surface area (Å²) in [6, 6.07) is 6.06. The molecule has 0 aliphatic heterocycles. The molecule has 0 aliphatic carbocycles. The van der Waals surface area contributed by atoms with Crippen LogP contribution in [0.15, 0.2) is 28.1 Å². The van der Waals surface area contributed by atoms with E-state index in [4.69, 9.17) is 4.74 Å². The minimum Gasteiger partial charge on any atom is -0.496 e. The van der Waals surface area contributed by atoms with Crippen LogP contribution in [0.1, 0.15) is 0 Å². The number of ether oxygens (including phenoxy) is 1. The van der Waals surface area contributed by atoms with Crippen LogP contribution in [0, 0.1) is 0 Å². The van der Waals surface area contributed by atoms with Crippen LogP contribution in [-0.4, -0.2) is 7.11 Å². The van der Waals surface area contributed by atoms with Gasteiger partial charge in [-0.15, -0.1) is 11.3 Å². The summed E-state index contributed by atoms with van der Waals surface area (Å²) in [7, 11) is 1.69. The van der Waals surface area contributed by atoms with Gasteiger partial charge in [-0.2, -0.15) is 0 Å². The predicted octanol–water partition coefficient (Wildman–Crippen LogP) is 3.67. The Hall–Kier alpha value is -0.540. The van der Waals surface area contributed by atoms with Crippen molar-refractivity contribution in [2.75, 3.05) is 7.11 Å². The molecule has 2 aromatic rings. The van der Waals surface area contributed by atoms with Gasteiger partial charge in [0.25, 0.3) is 0 Å². The van der Waals surface area contributed by atoms with Crippen molar-refractivity contribution in [2.24, 2.45) is 0 Å². The fourth-order valence-electron chi connectivity index (χ4n) is 1.18. The maximum atomic E-state index is 5.23. The lowest BCUT2D eigenvalue weighted by Gasteiger charge is -2.01. The molecule has 0 atom stereocenters. The Morgan fingerprint density at radius 1 is 1.33 bits per heavy atom. The summed E-state index contributed by atoms with van der Waals surface area (Å²) < 4.78 is 7.60. The molecule has 1 heterocycles. The minimum absolute atomic E-state index is 0.939. The second-order valence-corrected chi connectivity index (χ2v) is 4.18. The molecule has 1 aromatic carbocycles. The van der Waals surface area contributed by atoms with Crippen LogP contribution in [0.3, 0.4) is 0 Å². The fourth-order valence-corrected chi connectivity index (χ4v) is 2.62. The molecule has 1 nitrogen and oxygen atoms in total. The average Bonchev–Trinajstić information content (AvgIpc) is 2.54. The number of hydrogen-bond acceptors (Lipinski definition) is 2. The van der Waals surface area contributed by atoms with Crippen molar-refractivity contribution >= 4 is 37.4 Å². The molecule has 3 heteroatoms.